The predicted molar refractivity (Wildman–Crippen MR) is 57.6 cm³/mol. The van der Waals surface area contributed by atoms with Crippen LogP contribution >= 0.6 is 27.3 Å². The molecule has 8 heteroatoms. The molecule has 0 bridgehead atoms. The molecule has 1 aromatic heterocycles. The van der Waals surface area contributed by atoms with Crippen molar-refractivity contribution in [2.24, 2.45) is 0 Å². The maximum absolute atomic E-state index is 11.8. The molecule has 0 N–H and O–H groups in total. The monoisotopic (exact) mass is 318 g/mol. The van der Waals surface area contributed by atoms with Gasteiger partial charge in [0, 0.05) is 0 Å². The standard InChI is InChI=1S/C8H10BrF3N2OS/c1-2-5(9)7-14-13-6(16-7)3-15-4-8(10,11)12/h5H,2-4H2,1H3. The van der Waals surface area contributed by atoms with E-state index < -0.39 is 12.8 Å². The molecule has 0 saturated heterocycles. The molecule has 3 nitrogen and oxygen atoms in total. The summed E-state index contributed by atoms with van der Waals surface area (Å²) in [6.07, 6.45) is -3.45. The fourth-order valence-corrected chi connectivity index (χ4v) is 2.09. The molecule has 0 aliphatic rings. The van der Waals surface area contributed by atoms with E-state index in [0.29, 0.717) is 5.01 Å². The van der Waals surface area contributed by atoms with Gasteiger partial charge < -0.3 is 4.74 Å². The summed E-state index contributed by atoms with van der Waals surface area (Å²) in [5, 5.41) is 8.83. The highest BCUT2D eigenvalue weighted by atomic mass is 79.9. The van der Waals surface area contributed by atoms with Crippen molar-refractivity contribution < 1.29 is 17.9 Å². The lowest BCUT2D eigenvalue weighted by atomic mass is 10.4. The van der Waals surface area contributed by atoms with Crippen LogP contribution in [0.15, 0.2) is 0 Å². The van der Waals surface area contributed by atoms with E-state index in [0.717, 1.165) is 11.4 Å². The Kier molecular flexibility index (Phi) is 5.13. The minimum atomic E-state index is -4.30. The van der Waals surface area contributed by atoms with Gasteiger partial charge in [-0.2, -0.15) is 13.2 Å². The number of nitrogens with zero attached hydrogens (tertiary/aromatic N) is 2. The summed E-state index contributed by atoms with van der Waals surface area (Å²) in [5.74, 6) is 0. The highest BCUT2D eigenvalue weighted by molar-refractivity contribution is 9.09. The molecule has 0 radical (unpaired) electrons. The Bertz CT molecular complexity index is 331. The van der Waals surface area contributed by atoms with Crippen LogP contribution in [0.25, 0.3) is 0 Å². The largest absolute Gasteiger partial charge is 0.411 e. The van der Waals surface area contributed by atoms with Gasteiger partial charge in [0.2, 0.25) is 0 Å². The van der Waals surface area contributed by atoms with E-state index in [4.69, 9.17) is 0 Å². The van der Waals surface area contributed by atoms with Crippen molar-refractivity contribution in [3.8, 4) is 0 Å². The van der Waals surface area contributed by atoms with E-state index in [2.05, 4.69) is 30.9 Å². The molecule has 0 aliphatic heterocycles. The van der Waals surface area contributed by atoms with Crippen LogP contribution in [0.1, 0.15) is 28.2 Å². The van der Waals surface area contributed by atoms with Crippen LogP contribution in [0.5, 0.6) is 0 Å². The van der Waals surface area contributed by atoms with E-state index in [-0.39, 0.29) is 11.4 Å². The highest BCUT2D eigenvalue weighted by Gasteiger charge is 2.27. The molecule has 0 fully saturated rings. The Morgan fingerprint density at radius 2 is 2.12 bits per heavy atom. The molecule has 1 heterocycles. The van der Waals surface area contributed by atoms with Gasteiger partial charge in [0.15, 0.2) is 0 Å². The number of hydrogen-bond donors (Lipinski definition) is 0. The zero-order chi connectivity index (χ0) is 12.2. The third-order valence-corrected chi connectivity index (χ3v) is 3.99. The highest BCUT2D eigenvalue weighted by Crippen LogP contribution is 2.28. The molecular weight excluding hydrogens is 309 g/mol. The van der Waals surface area contributed by atoms with Crippen LogP contribution in [-0.4, -0.2) is 23.0 Å². The Balaban J connectivity index is 2.41. The summed E-state index contributed by atoms with van der Waals surface area (Å²) in [6.45, 7) is 0.564. The normalized spacial score (nSPS) is 14.1. The number of ether oxygens (including phenoxy) is 1. The molecule has 0 saturated carbocycles. The molecule has 0 aromatic carbocycles. The number of alkyl halides is 4. The minimum absolute atomic E-state index is 0.0985. The van der Waals surface area contributed by atoms with E-state index in [1.807, 2.05) is 6.92 Å². The molecule has 0 amide bonds. The Morgan fingerprint density at radius 1 is 1.44 bits per heavy atom. The van der Waals surface area contributed by atoms with Crippen molar-refractivity contribution >= 4 is 27.3 Å². The summed E-state index contributed by atoms with van der Waals surface area (Å²) in [4.78, 5) is 0.0985. The smallest absolute Gasteiger partial charge is 0.365 e. The Hall–Kier alpha value is -0.210. The summed E-state index contributed by atoms with van der Waals surface area (Å²) in [7, 11) is 0. The van der Waals surface area contributed by atoms with Gasteiger partial charge >= 0.3 is 6.18 Å². The first-order chi connectivity index (χ1) is 7.42. The number of aromatic nitrogens is 2. The van der Waals surface area contributed by atoms with Gasteiger partial charge in [0.25, 0.3) is 0 Å². The minimum Gasteiger partial charge on any atom is -0.365 e. The van der Waals surface area contributed by atoms with Crippen LogP contribution in [0.2, 0.25) is 0 Å². The second kappa shape index (κ2) is 5.92. The fourth-order valence-electron chi connectivity index (χ4n) is 0.880. The van der Waals surface area contributed by atoms with Gasteiger partial charge in [-0.15, -0.1) is 10.2 Å². The zero-order valence-corrected chi connectivity index (χ0v) is 10.8. The van der Waals surface area contributed by atoms with Gasteiger partial charge in [-0.25, -0.2) is 0 Å². The van der Waals surface area contributed by atoms with E-state index in [1.54, 1.807) is 0 Å². The van der Waals surface area contributed by atoms with Gasteiger partial charge in [0.05, 0.1) is 4.83 Å². The number of hydrogen-bond acceptors (Lipinski definition) is 4. The van der Waals surface area contributed by atoms with Crippen LogP contribution in [0.3, 0.4) is 0 Å². The van der Waals surface area contributed by atoms with Crippen LogP contribution in [-0.2, 0) is 11.3 Å². The second-order valence-electron chi connectivity index (χ2n) is 3.02. The Labute approximate surface area is 103 Å². The molecule has 16 heavy (non-hydrogen) atoms. The van der Waals surface area contributed by atoms with Crippen molar-refractivity contribution in [2.75, 3.05) is 6.61 Å². The second-order valence-corrected chi connectivity index (χ2v) is 5.22. The van der Waals surface area contributed by atoms with Crippen molar-refractivity contribution in [3.63, 3.8) is 0 Å². The van der Waals surface area contributed by atoms with Crippen molar-refractivity contribution in [2.45, 2.75) is 31.0 Å². The molecule has 1 atom stereocenters. The zero-order valence-electron chi connectivity index (χ0n) is 8.42. The molecule has 92 valence electrons. The average molecular weight is 319 g/mol. The summed E-state index contributed by atoms with van der Waals surface area (Å²) >= 11 is 4.64. The van der Waals surface area contributed by atoms with Crippen molar-refractivity contribution in [1.82, 2.24) is 10.2 Å². The molecule has 1 aromatic rings. The van der Waals surface area contributed by atoms with E-state index in [9.17, 15) is 13.2 Å². The summed E-state index contributed by atoms with van der Waals surface area (Å²) in [5.41, 5.74) is 0. The number of halogens is 4. The fraction of sp³-hybridized carbons (Fsp3) is 0.750. The molecular formula is C8H10BrF3N2OS. The quantitative estimate of drug-likeness (QED) is 0.780. The SMILES string of the molecule is CCC(Br)c1nnc(COCC(F)(F)F)s1. The average Bonchev–Trinajstić information content (AvgIpc) is 2.63. The lowest BCUT2D eigenvalue weighted by molar-refractivity contribution is -0.176. The lowest BCUT2D eigenvalue weighted by Crippen LogP contribution is -2.16. The first kappa shape index (κ1) is 13.9. The van der Waals surface area contributed by atoms with Crippen molar-refractivity contribution in [3.05, 3.63) is 10.0 Å². The number of rotatable bonds is 5. The Morgan fingerprint density at radius 3 is 2.69 bits per heavy atom. The molecule has 0 spiro atoms. The van der Waals surface area contributed by atoms with Crippen molar-refractivity contribution in [1.29, 1.82) is 0 Å². The summed E-state index contributed by atoms with van der Waals surface area (Å²) < 4.78 is 39.8. The van der Waals surface area contributed by atoms with Crippen LogP contribution in [0.4, 0.5) is 13.2 Å². The molecule has 1 unspecified atom stereocenters. The van der Waals surface area contributed by atoms with Crippen LogP contribution in [0, 0.1) is 0 Å². The van der Waals surface area contributed by atoms with Gasteiger partial charge in [-0.1, -0.05) is 34.2 Å². The topological polar surface area (TPSA) is 35.0 Å². The first-order valence-electron chi connectivity index (χ1n) is 4.53. The maximum Gasteiger partial charge on any atom is 0.411 e. The van der Waals surface area contributed by atoms with Gasteiger partial charge in [-0.05, 0) is 6.42 Å². The lowest BCUT2D eigenvalue weighted by Gasteiger charge is -2.05. The molecule has 1 rings (SSSR count). The van der Waals surface area contributed by atoms with Crippen LogP contribution < -0.4 is 0 Å². The molecule has 0 aliphatic carbocycles. The first-order valence-corrected chi connectivity index (χ1v) is 6.26. The van der Waals surface area contributed by atoms with Gasteiger partial charge in [0.1, 0.15) is 23.2 Å². The van der Waals surface area contributed by atoms with E-state index in [1.165, 1.54) is 11.3 Å². The van der Waals surface area contributed by atoms with E-state index >= 15 is 0 Å². The third-order valence-electron chi connectivity index (χ3n) is 1.60. The van der Waals surface area contributed by atoms with Gasteiger partial charge in [-0.3, -0.25) is 0 Å². The maximum atomic E-state index is 11.8. The predicted octanol–water partition coefficient (Wildman–Crippen LogP) is 3.46. The third kappa shape index (κ3) is 4.75. The summed E-state index contributed by atoms with van der Waals surface area (Å²) in [6, 6.07) is 0.